The van der Waals surface area contributed by atoms with Crippen molar-refractivity contribution in [3.63, 3.8) is 0 Å². The van der Waals surface area contributed by atoms with Gasteiger partial charge in [-0.25, -0.2) is 13.2 Å². The molecule has 0 fully saturated rings. The summed E-state index contributed by atoms with van der Waals surface area (Å²) in [7, 11) is -3.95. The number of carbonyl (C=O) groups is 1. The van der Waals surface area contributed by atoms with Gasteiger partial charge in [0.1, 0.15) is 9.90 Å². The number of nitrogens with zero attached hydrogens (tertiary/aromatic N) is 2. The number of aromatic nitrogens is 2. The molecule has 0 aliphatic heterocycles. The van der Waals surface area contributed by atoms with Crippen LogP contribution in [0.15, 0.2) is 27.6 Å². The van der Waals surface area contributed by atoms with Crippen LogP contribution in [-0.4, -0.2) is 29.7 Å². The molecule has 10 heteroatoms. The zero-order chi connectivity index (χ0) is 15.6. The molecular formula is C11H10BrN3O4S2. The van der Waals surface area contributed by atoms with E-state index in [4.69, 9.17) is 5.11 Å². The minimum atomic E-state index is -3.95. The SMILES string of the molecule is CCc1nnc(NS(=O)(=O)c2cc(C(=O)O)ccc2Br)s1. The van der Waals surface area contributed by atoms with Crippen molar-refractivity contribution >= 4 is 48.4 Å². The number of anilines is 1. The first kappa shape index (κ1) is 15.9. The molecule has 1 aromatic heterocycles. The Bertz CT molecular complexity index is 789. The van der Waals surface area contributed by atoms with Gasteiger partial charge in [-0.05, 0) is 40.5 Å². The number of hydrogen-bond donors (Lipinski definition) is 2. The number of halogens is 1. The summed E-state index contributed by atoms with van der Waals surface area (Å²) in [5.41, 5.74) is -0.120. The average Bonchev–Trinajstić information content (AvgIpc) is 2.85. The van der Waals surface area contributed by atoms with Gasteiger partial charge in [0.15, 0.2) is 0 Å². The Kier molecular flexibility index (Phi) is 4.59. The van der Waals surface area contributed by atoms with Crippen LogP contribution in [0.4, 0.5) is 5.13 Å². The first-order valence-electron chi connectivity index (χ1n) is 5.71. The van der Waals surface area contributed by atoms with Crippen LogP contribution in [0.5, 0.6) is 0 Å². The molecule has 0 amide bonds. The molecule has 21 heavy (non-hydrogen) atoms. The molecule has 1 heterocycles. The van der Waals surface area contributed by atoms with E-state index in [-0.39, 0.29) is 20.1 Å². The largest absolute Gasteiger partial charge is 0.478 e. The highest BCUT2D eigenvalue weighted by Gasteiger charge is 2.21. The lowest BCUT2D eigenvalue weighted by atomic mass is 10.2. The van der Waals surface area contributed by atoms with E-state index >= 15 is 0 Å². The van der Waals surface area contributed by atoms with Crippen LogP contribution in [-0.2, 0) is 16.4 Å². The predicted molar refractivity (Wildman–Crippen MR) is 81.2 cm³/mol. The summed E-state index contributed by atoms with van der Waals surface area (Å²) in [5, 5.41) is 17.3. The van der Waals surface area contributed by atoms with Gasteiger partial charge in [-0.2, -0.15) is 0 Å². The number of carboxylic acid groups (broad SMARTS) is 1. The fraction of sp³-hybridized carbons (Fsp3) is 0.182. The molecule has 0 unspecified atom stereocenters. The summed E-state index contributed by atoms with van der Waals surface area (Å²) in [6.07, 6.45) is 0.650. The topological polar surface area (TPSA) is 109 Å². The first-order valence-corrected chi connectivity index (χ1v) is 8.81. The number of benzene rings is 1. The van der Waals surface area contributed by atoms with Crippen molar-refractivity contribution in [3.05, 3.63) is 33.2 Å². The average molecular weight is 392 g/mol. The van der Waals surface area contributed by atoms with E-state index in [1.165, 1.54) is 12.1 Å². The van der Waals surface area contributed by atoms with Gasteiger partial charge < -0.3 is 5.11 Å². The maximum atomic E-state index is 12.3. The summed E-state index contributed by atoms with van der Waals surface area (Å²) >= 11 is 4.23. The Morgan fingerprint density at radius 3 is 2.71 bits per heavy atom. The van der Waals surface area contributed by atoms with Crippen molar-refractivity contribution in [2.24, 2.45) is 0 Å². The first-order chi connectivity index (χ1) is 9.83. The van der Waals surface area contributed by atoms with Gasteiger partial charge in [0.2, 0.25) is 5.13 Å². The quantitative estimate of drug-likeness (QED) is 0.809. The number of nitrogens with one attached hydrogen (secondary N) is 1. The van der Waals surface area contributed by atoms with E-state index in [1.807, 2.05) is 6.92 Å². The Labute approximate surface area is 133 Å². The van der Waals surface area contributed by atoms with Gasteiger partial charge in [0.05, 0.1) is 5.56 Å². The predicted octanol–water partition coefficient (Wildman–Crippen LogP) is 2.36. The van der Waals surface area contributed by atoms with E-state index in [0.717, 1.165) is 17.4 Å². The van der Waals surface area contributed by atoms with Gasteiger partial charge in [0.25, 0.3) is 10.0 Å². The highest BCUT2D eigenvalue weighted by atomic mass is 79.9. The molecule has 1 aromatic carbocycles. The number of aryl methyl sites for hydroxylation is 1. The van der Waals surface area contributed by atoms with E-state index in [2.05, 4.69) is 30.8 Å². The zero-order valence-electron chi connectivity index (χ0n) is 10.7. The van der Waals surface area contributed by atoms with Gasteiger partial charge in [-0.3, -0.25) is 4.72 Å². The molecule has 0 atom stereocenters. The second-order valence-corrected chi connectivity index (χ2v) is 7.48. The van der Waals surface area contributed by atoms with E-state index in [0.29, 0.717) is 11.4 Å². The van der Waals surface area contributed by atoms with Crippen molar-refractivity contribution in [2.45, 2.75) is 18.2 Å². The van der Waals surface area contributed by atoms with E-state index in [1.54, 1.807) is 0 Å². The molecule has 2 aromatic rings. The van der Waals surface area contributed by atoms with Crippen LogP contribution >= 0.6 is 27.3 Å². The van der Waals surface area contributed by atoms with Crippen molar-refractivity contribution in [2.75, 3.05) is 4.72 Å². The molecule has 0 spiro atoms. The Hall–Kier alpha value is -1.52. The summed E-state index contributed by atoms with van der Waals surface area (Å²) in [5.74, 6) is -1.21. The van der Waals surface area contributed by atoms with Crippen LogP contribution in [0.25, 0.3) is 0 Å². The molecule has 112 valence electrons. The van der Waals surface area contributed by atoms with Crippen molar-refractivity contribution in [1.29, 1.82) is 0 Å². The molecule has 0 saturated heterocycles. The molecular weight excluding hydrogens is 382 g/mol. The Morgan fingerprint density at radius 1 is 1.43 bits per heavy atom. The van der Waals surface area contributed by atoms with Crippen LogP contribution in [0, 0.1) is 0 Å². The van der Waals surface area contributed by atoms with Gasteiger partial charge in [-0.1, -0.05) is 18.3 Å². The molecule has 0 saturated carbocycles. The molecule has 0 radical (unpaired) electrons. The monoisotopic (exact) mass is 391 g/mol. The highest BCUT2D eigenvalue weighted by molar-refractivity contribution is 9.10. The standard InChI is InChI=1S/C11H10BrN3O4S2/c1-2-9-13-14-11(20-9)15-21(18,19)8-5-6(10(16)17)3-4-7(8)12/h3-5H,2H2,1H3,(H,14,15)(H,16,17). The lowest BCUT2D eigenvalue weighted by molar-refractivity contribution is 0.0696. The summed E-state index contributed by atoms with van der Waals surface area (Å²) in [4.78, 5) is 10.8. The minimum absolute atomic E-state index is 0.120. The van der Waals surface area contributed by atoms with Crippen LogP contribution in [0.2, 0.25) is 0 Å². The minimum Gasteiger partial charge on any atom is -0.478 e. The third kappa shape index (κ3) is 3.57. The smallest absolute Gasteiger partial charge is 0.335 e. The lowest BCUT2D eigenvalue weighted by Gasteiger charge is -2.07. The molecule has 0 bridgehead atoms. The van der Waals surface area contributed by atoms with E-state index in [9.17, 15) is 13.2 Å². The van der Waals surface area contributed by atoms with Crippen molar-refractivity contribution in [3.8, 4) is 0 Å². The number of aromatic carboxylic acids is 1. The second-order valence-electron chi connectivity index (χ2n) is 3.91. The van der Waals surface area contributed by atoms with Crippen LogP contribution in [0.3, 0.4) is 0 Å². The number of sulfonamides is 1. The molecule has 0 aliphatic rings. The van der Waals surface area contributed by atoms with Gasteiger partial charge in [0, 0.05) is 4.47 Å². The third-order valence-corrected chi connectivity index (χ3v) is 5.90. The molecule has 2 N–H and O–H groups in total. The molecule has 7 nitrogen and oxygen atoms in total. The fourth-order valence-electron chi connectivity index (χ4n) is 1.45. The second kappa shape index (κ2) is 6.08. The molecule has 0 aliphatic carbocycles. The van der Waals surface area contributed by atoms with Gasteiger partial charge >= 0.3 is 5.97 Å². The Morgan fingerprint density at radius 2 is 2.14 bits per heavy atom. The van der Waals surface area contributed by atoms with Crippen LogP contribution < -0.4 is 4.72 Å². The number of hydrogen-bond acceptors (Lipinski definition) is 6. The highest BCUT2D eigenvalue weighted by Crippen LogP contribution is 2.26. The van der Waals surface area contributed by atoms with Gasteiger partial charge in [-0.15, -0.1) is 10.2 Å². The normalized spacial score (nSPS) is 11.3. The third-order valence-electron chi connectivity index (χ3n) is 2.46. The Balaban J connectivity index is 2.39. The summed E-state index contributed by atoms with van der Waals surface area (Å²) < 4.78 is 27.2. The number of rotatable bonds is 5. The maximum absolute atomic E-state index is 12.3. The lowest BCUT2D eigenvalue weighted by Crippen LogP contribution is -2.14. The van der Waals surface area contributed by atoms with Crippen molar-refractivity contribution in [1.82, 2.24) is 10.2 Å². The van der Waals surface area contributed by atoms with E-state index < -0.39 is 16.0 Å². The van der Waals surface area contributed by atoms with Crippen molar-refractivity contribution < 1.29 is 18.3 Å². The summed E-state index contributed by atoms with van der Waals surface area (Å²) in [6.45, 7) is 1.88. The zero-order valence-corrected chi connectivity index (χ0v) is 13.9. The maximum Gasteiger partial charge on any atom is 0.335 e. The fourth-order valence-corrected chi connectivity index (χ4v) is 4.35. The van der Waals surface area contributed by atoms with Crippen LogP contribution in [0.1, 0.15) is 22.3 Å². The summed E-state index contributed by atoms with van der Waals surface area (Å²) in [6, 6.07) is 3.76. The number of carboxylic acids is 1. The molecule has 2 rings (SSSR count).